The molecular formula is C28H28N2O4S. The van der Waals surface area contributed by atoms with Crippen molar-refractivity contribution in [2.24, 2.45) is 0 Å². The maximum absolute atomic E-state index is 13.7. The monoisotopic (exact) mass is 488 g/mol. The lowest BCUT2D eigenvalue weighted by molar-refractivity contribution is 0.101. The van der Waals surface area contributed by atoms with E-state index in [1.165, 1.54) is 35.5 Å². The number of Topliss-reactive ketones (excluding diaryl/α,β-unsaturated/α-hetero) is 1. The largest absolute Gasteiger partial charge is 0.322 e. The van der Waals surface area contributed by atoms with Gasteiger partial charge in [-0.25, -0.2) is 8.42 Å². The number of carbonyl (C=O) groups is 1. The third-order valence-electron chi connectivity index (χ3n) is 6.06. The second kappa shape index (κ2) is 9.98. The fourth-order valence-corrected chi connectivity index (χ4v) is 5.50. The van der Waals surface area contributed by atoms with Crippen molar-refractivity contribution in [1.29, 1.82) is 0 Å². The Morgan fingerprint density at radius 2 is 1.63 bits per heavy atom. The average Bonchev–Trinajstić information content (AvgIpc) is 2.82. The van der Waals surface area contributed by atoms with Crippen LogP contribution in [0.4, 0.5) is 0 Å². The number of aryl methyl sites for hydroxylation is 2. The fraction of sp³-hybridized carbons (Fsp3) is 0.214. The third-order valence-corrected chi connectivity index (χ3v) is 7.92. The van der Waals surface area contributed by atoms with Crippen LogP contribution in [-0.4, -0.2) is 30.0 Å². The zero-order valence-corrected chi connectivity index (χ0v) is 20.9. The average molecular weight is 489 g/mol. The summed E-state index contributed by atoms with van der Waals surface area (Å²) in [6.45, 7) is 5.51. The van der Waals surface area contributed by atoms with Crippen molar-refractivity contribution in [3.8, 4) is 0 Å². The number of benzene rings is 3. The number of ketones is 1. The lowest BCUT2D eigenvalue weighted by Gasteiger charge is -2.22. The van der Waals surface area contributed by atoms with E-state index in [0.717, 1.165) is 22.1 Å². The number of hydrogen-bond acceptors (Lipinski definition) is 4. The quantitative estimate of drug-likeness (QED) is 0.362. The van der Waals surface area contributed by atoms with Gasteiger partial charge in [0.05, 0.1) is 4.90 Å². The number of sulfonamides is 1. The summed E-state index contributed by atoms with van der Waals surface area (Å²) in [4.78, 5) is 27.5. The van der Waals surface area contributed by atoms with Crippen molar-refractivity contribution in [2.75, 3.05) is 6.54 Å². The van der Waals surface area contributed by atoms with Gasteiger partial charge in [0.2, 0.25) is 10.0 Å². The SMILES string of the molecule is CC(=O)c1ccc(S(=O)(=O)N(CCc2cccc(C)c2)Cc2cc3ccc(C)cc3[nH]c2=O)cc1. The van der Waals surface area contributed by atoms with Gasteiger partial charge in [-0.1, -0.05) is 54.1 Å². The number of fused-ring (bicyclic) bond motifs is 1. The van der Waals surface area contributed by atoms with Crippen LogP contribution in [0.1, 0.15) is 39.5 Å². The number of H-pyrrole nitrogens is 1. The Balaban J connectivity index is 1.71. The molecule has 0 bridgehead atoms. The number of carbonyl (C=O) groups excluding carboxylic acids is 1. The molecule has 4 aromatic rings. The second-order valence-electron chi connectivity index (χ2n) is 8.87. The minimum Gasteiger partial charge on any atom is -0.322 e. The molecule has 0 aliphatic carbocycles. The molecule has 0 atom stereocenters. The van der Waals surface area contributed by atoms with Crippen molar-refractivity contribution in [2.45, 2.75) is 38.6 Å². The summed E-state index contributed by atoms with van der Waals surface area (Å²) in [6, 6.07) is 21.3. The Labute approximate surface area is 205 Å². The van der Waals surface area contributed by atoms with Gasteiger partial charge in [0.25, 0.3) is 5.56 Å². The Morgan fingerprint density at radius 1 is 0.914 bits per heavy atom. The van der Waals surface area contributed by atoms with Gasteiger partial charge in [0, 0.05) is 29.7 Å². The van der Waals surface area contributed by atoms with Gasteiger partial charge in [-0.3, -0.25) is 9.59 Å². The first-order valence-corrected chi connectivity index (χ1v) is 12.9. The number of nitrogens with zero attached hydrogens (tertiary/aromatic N) is 1. The number of pyridine rings is 1. The van der Waals surface area contributed by atoms with Crippen LogP contribution in [0.25, 0.3) is 10.9 Å². The Morgan fingerprint density at radius 3 is 2.31 bits per heavy atom. The summed E-state index contributed by atoms with van der Waals surface area (Å²) >= 11 is 0. The first kappa shape index (κ1) is 24.6. The maximum Gasteiger partial charge on any atom is 0.252 e. The highest BCUT2D eigenvalue weighted by Gasteiger charge is 2.26. The number of rotatable bonds is 8. The maximum atomic E-state index is 13.7. The van der Waals surface area contributed by atoms with Crippen LogP contribution >= 0.6 is 0 Å². The summed E-state index contributed by atoms with van der Waals surface area (Å²) in [7, 11) is -3.93. The van der Waals surface area contributed by atoms with E-state index in [-0.39, 0.29) is 29.3 Å². The number of aromatic nitrogens is 1. The molecule has 0 amide bonds. The molecule has 0 saturated heterocycles. The van der Waals surface area contributed by atoms with Gasteiger partial charge in [-0.05, 0) is 68.0 Å². The zero-order valence-electron chi connectivity index (χ0n) is 20.0. The Kier molecular flexibility index (Phi) is 7.00. The predicted octanol–water partition coefficient (Wildman–Crippen LogP) is 4.78. The normalized spacial score (nSPS) is 11.8. The van der Waals surface area contributed by atoms with Crippen LogP contribution in [0.2, 0.25) is 0 Å². The van der Waals surface area contributed by atoms with E-state index in [9.17, 15) is 18.0 Å². The molecule has 0 unspecified atom stereocenters. The van der Waals surface area contributed by atoms with Crippen LogP contribution in [0.15, 0.2) is 82.5 Å². The van der Waals surface area contributed by atoms with Crippen LogP contribution in [0.5, 0.6) is 0 Å². The van der Waals surface area contributed by atoms with Gasteiger partial charge in [-0.2, -0.15) is 4.31 Å². The molecule has 180 valence electrons. The minimum atomic E-state index is -3.93. The van der Waals surface area contributed by atoms with E-state index in [1.54, 1.807) is 6.07 Å². The highest BCUT2D eigenvalue weighted by Crippen LogP contribution is 2.21. The van der Waals surface area contributed by atoms with Gasteiger partial charge in [0.15, 0.2) is 5.78 Å². The van der Waals surface area contributed by atoms with E-state index >= 15 is 0 Å². The van der Waals surface area contributed by atoms with Crippen LogP contribution in [-0.2, 0) is 23.0 Å². The molecule has 3 aromatic carbocycles. The van der Waals surface area contributed by atoms with Crippen LogP contribution in [0, 0.1) is 13.8 Å². The molecule has 6 nitrogen and oxygen atoms in total. The summed E-state index contributed by atoms with van der Waals surface area (Å²) in [5.74, 6) is -0.136. The fourth-order valence-electron chi connectivity index (χ4n) is 4.08. The van der Waals surface area contributed by atoms with E-state index in [1.807, 2.05) is 56.3 Å². The summed E-state index contributed by atoms with van der Waals surface area (Å²) in [5.41, 5.74) is 4.35. The van der Waals surface area contributed by atoms with E-state index in [4.69, 9.17) is 0 Å². The molecule has 0 spiro atoms. The van der Waals surface area contributed by atoms with Crippen molar-refractivity contribution < 1.29 is 13.2 Å². The Hall–Kier alpha value is -3.55. The molecule has 7 heteroatoms. The molecule has 4 rings (SSSR count). The third kappa shape index (κ3) is 5.58. The van der Waals surface area contributed by atoms with Crippen molar-refractivity contribution >= 4 is 26.7 Å². The Bertz CT molecular complexity index is 1550. The van der Waals surface area contributed by atoms with Gasteiger partial charge in [-0.15, -0.1) is 0 Å². The highest BCUT2D eigenvalue weighted by atomic mass is 32.2. The van der Waals surface area contributed by atoms with Crippen LogP contribution in [0.3, 0.4) is 0 Å². The molecule has 0 aliphatic rings. The molecule has 1 N–H and O–H groups in total. The summed E-state index contributed by atoms with van der Waals surface area (Å²) in [6.07, 6.45) is 0.497. The smallest absolute Gasteiger partial charge is 0.252 e. The van der Waals surface area contributed by atoms with Crippen molar-refractivity contribution in [3.63, 3.8) is 0 Å². The predicted molar refractivity (Wildman–Crippen MR) is 138 cm³/mol. The molecule has 1 heterocycles. The van der Waals surface area contributed by atoms with E-state index in [2.05, 4.69) is 4.98 Å². The lowest BCUT2D eigenvalue weighted by Crippen LogP contribution is -2.34. The van der Waals surface area contributed by atoms with Gasteiger partial charge in [0.1, 0.15) is 0 Å². The molecule has 0 aliphatic heterocycles. The topological polar surface area (TPSA) is 87.3 Å². The first-order valence-electron chi connectivity index (χ1n) is 11.4. The first-order chi connectivity index (χ1) is 16.6. The lowest BCUT2D eigenvalue weighted by atomic mass is 10.1. The summed E-state index contributed by atoms with van der Waals surface area (Å²) in [5, 5.41) is 0.840. The molecule has 0 fully saturated rings. The molecule has 35 heavy (non-hydrogen) atoms. The van der Waals surface area contributed by atoms with E-state index in [0.29, 0.717) is 23.1 Å². The summed E-state index contributed by atoms with van der Waals surface area (Å²) < 4.78 is 28.6. The molecule has 0 saturated carbocycles. The van der Waals surface area contributed by atoms with Crippen molar-refractivity contribution in [1.82, 2.24) is 9.29 Å². The number of nitrogens with one attached hydrogen (secondary N) is 1. The zero-order chi connectivity index (χ0) is 25.2. The standard InChI is InChI=1S/C28H28N2O4S/c1-19-5-4-6-22(15-19)13-14-30(35(33,34)26-11-9-23(10-12-26)21(3)31)18-25-17-24-8-7-20(2)16-27(24)29-28(25)32/h4-12,15-17H,13-14,18H2,1-3H3,(H,29,32). The second-order valence-corrected chi connectivity index (χ2v) is 10.8. The molecule has 1 aromatic heterocycles. The van der Waals surface area contributed by atoms with Crippen molar-refractivity contribution in [3.05, 3.63) is 111 Å². The minimum absolute atomic E-state index is 0.0677. The molecule has 0 radical (unpaired) electrons. The van der Waals surface area contributed by atoms with E-state index < -0.39 is 10.0 Å². The van der Waals surface area contributed by atoms with Gasteiger partial charge >= 0.3 is 0 Å². The number of aromatic amines is 1. The number of hydrogen-bond donors (Lipinski definition) is 1. The highest BCUT2D eigenvalue weighted by molar-refractivity contribution is 7.89. The van der Waals surface area contributed by atoms with Gasteiger partial charge < -0.3 is 4.98 Å². The van der Waals surface area contributed by atoms with Crippen LogP contribution < -0.4 is 5.56 Å². The molecular weight excluding hydrogens is 460 g/mol.